The Bertz CT molecular complexity index is 582. The fourth-order valence-electron chi connectivity index (χ4n) is 2.38. The number of rotatable bonds is 4. The number of amides is 1. The van der Waals surface area contributed by atoms with Crippen LogP contribution in [0, 0.1) is 0 Å². The van der Waals surface area contributed by atoms with Crippen molar-refractivity contribution >= 4 is 12.1 Å². The van der Waals surface area contributed by atoms with Crippen LogP contribution in [0.25, 0.3) is 0 Å². The van der Waals surface area contributed by atoms with Gasteiger partial charge in [0.1, 0.15) is 12.3 Å². The van der Waals surface area contributed by atoms with E-state index in [1.54, 1.807) is 19.9 Å². The van der Waals surface area contributed by atoms with Gasteiger partial charge in [-0.15, -0.1) is 0 Å². The molecule has 1 fully saturated rings. The van der Waals surface area contributed by atoms with Crippen molar-refractivity contribution in [1.82, 2.24) is 4.90 Å². The Kier molecular flexibility index (Phi) is 5.39. The van der Waals surface area contributed by atoms with Gasteiger partial charge in [0.15, 0.2) is 0 Å². The van der Waals surface area contributed by atoms with Gasteiger partial charge >= 0.3 is 12.1 Å². The highest BCUT2D eigenvalue weighted by Gasteiger charge is 2.43. The minimum atomic E-state index is -0.807. The van der Waals surface area contributed by atoms with Crippen LogP contribution >= 0.6 is 0 Å². The van der Waals surface area contributed by atoms with Crippen LogP contribution in [0.5, 0.6) is 0 Å². The summed E-state index contributed by atoms with van der Waals surface area (Å²) >= 11 is 0. The van der Waals surface area contributed by atoms with Gasteiger partial charge in [0, 0.05) is 6.08 Å². The van der Waals surface area contributed by atoms with Crippen LogP contribution in [-0.4, -0.2) is 42.4 Å². The first-order valence-electron chi connectivity index (χ1n) is 7.34. The highest BCUT2D eigenvalue weighted by Crippen LogP contribution is 2.29. The molecule has 1 aliphatic heterocycles. The second-order valence-electron chi connectivity index (χ2n) is 5.62. The standard InChI is InChI=1S/C17H21NO5/c1-17(2)18(14(12-23-17)9-10-15(19)21-3)16(20)22-11-13-7-5-4-6-8-13/h4-10,14H,11-12H2,1-3H3/b10-9+. The molecule has 1 atom stereocenters. The van der Waals surface area contributed by atoms with Gasteiger partial charge in [-0.25, -0.2) is 9.59 Å². The van der Waals surface area contributed by atoms with Crippen molar-refractivity contribution < 1.29 is 23.8 Å². The molecule has 1 saturated heterocycles. The van der Waals surface area contributed by atoms with E-state index in [2.05, 4.69) is 4.74 Å². The first-order valence-corrected chi connectivity index (χ1v) is 7.34. The predicted octanol–water partition coefficient (Wildman–Crippen LogP) is 2.49. The van der Waals surface area contributed by atoms with Gasteiger partial charge in [0.2, 0.25) is 0 Å². The Labute approximate surface area is 135 Å². The molecule has 1 amide bonds. The van der Waals surface area contributed by atoms with Crippen LogP contribution in [0.15, 0.2) is 42.5 Å². The Morgan fingerprint density at radius 3 is 2.70 bits per heavy atom. The summed E-state index contributed by atoms with van der Waals surface area (Å²) in [4.78, 5) is 25.1. The molecule has 0 spiro atoms. The second kappa shape index (κ2) is 7.28. The zero-order chi connectivity index (χ0) is 16.9. The SMILES string of the molecule is COC(=O)/C=C/C1COC(C)(C)N1C(=O)OCc1ccccc1. The van der Waals surface area contributed by atoms with Crippen LogP contribution in [-0.2, 0) is 25.6 Å². The maximum absolute atomic E-state index is 12.4. The van der Waals surface area contributed by atoms with Crippen LogP contribution in [0.1, 0.15) is 19.4 Å². The molecule has 6 heteroatoms. The Hall–Kier alpha value is -2.34. The molecule has 1 aliphatic rings. The normalized spacial score (nSPS) is 19.8. The average Bonchev–Trinajstić information content (AvgIpc) is 2.86. The highest BCUT2D eigenvalue weighted by atomic mass is 16.6. The molecule has 2 rings (SSSR count). The maximum Gasteiger partial charge on any atom is 0.412 e. The van der Waals surface area contributed by atoms with Gasteiger partial charge < -0.3 is 14.2 Å². The van der Waals surface area contributed by atoms with Gasteiger partial charge in [-0.2, -0.15) is 0 Å². The van der Waals surface area contributed by atoms with E-state index in [0.29, 0.717) is 6.61 Å². The fourth-order valence-corrected chi connectivity index (χ4v) is 2.38. The number of carbonyl (C=O) groups excluding carboxylic acids is 2. The summed E-state index contributed by atoms with van der Waals surface area (Å²) in [6.07, 6.45) is 2.38. The molecule has 6 nitrogen and oxygen atoms in total. The quantitative estimate of drug-likeness (QED) is 0.630. The lowest BCUT2D eigenvalue weighted by Gasteiger charge is -2.31. The molecule has 1 heterocycles. The van der Waals surface area contributed by atoms with Gasteiger partial charge in [0.25, 0.3) is 0 Å². The molecular formula is C17H21NO5. The summed E-state index contributed by atoms with van der Waals surface area (Å²) in [5, 5.41) is 0. The average molecular weight is 319 g/mol. The minimum absolute atomic E-state index is 0.180. The number of carbonyl (C=O) groups is 2. The summed E-state index contributed by atoms with van der Waals surface area (Å²) < 4.78 is 15.6. The molecule has 0 aromatic heterocycles. The third-order valence-electron chi connectivity index (χ3n) is 3.58. The van der Waals surface area contributed by atoms with E-state index in [4.69, 9.17) is 9.47 Å². The van der Waals surface area contributed by atoms with Gasteiger partial charge in [-0.05, 0) is 19.4 Å². The number of benzene rings is 1. The third kappa shape index (κ3) is 4.32. The number of ether oxygens (including phenoxy) is 3. The van der Waals surface area contributed by atoms with Crippen molar-refractivity contribution in [2.24, 2.45) is 0 Å². The lowest BCUT2D eigenvalue weighted by Crippen LogP contribution is -2.47. The molecule has 0 radical (unpaired) electrons. The van der Waals surface area contributed by atoms with Crippen molar-refractivity contribution in [1.29, 1.82) is 0 Å². The molecule has 0 bridgehead atoms. The number of hydrogen-bond donors (Lipinski definition) is 0. The van der Waals surface area contributed by atoms with E-state index in [0.717, 1.165) is 5.56 Å². The maximum atomic E-state index is 12.4. The van der Waals surface area contributed by atoms with E-state index >= 15 is 0 Å². The fraction of sp³-hybridized carbons (Fsp3) is 0.412. The van der Waals surface area contributed by atoms with Crippen LogP contribution < -0.4 is 0 Å². The monoisotopic (exact) mass is 319 g/mol. The summed E-state index contributed by atoms with van der Waals surface area (Å²) in [7, 11) is 1.30. The van der Waals surface area contributed by atoms with Crippen molar-refractivity contribution in [3.63, 3.8) is 0 Å². The minimum Gasteiger partial charge on any atom is -0.466 e. The molecule has 23 heavy (non-hydrogen) atoms. The molecule has 0 saturated carbocycles. The number of hydrogen-bond acceptors (Lipinski definition) is 5. The predicted molar refractivity (Wildman–Crippen MR) is 83.4 cm³/mol. The van der Waals surface area contributed by atoms with Crippen molar-refractivity contribution in [2.75, 3.05) is 13.7 Å². The molecule has 0 N–H and O–H groups in total. The largest absolute Gasteiger partial charge is 0.466 e. The number of methoxy groups -OCH3 is 1. The van der Waals surface area contributed by atoms with E-state index < -0.39 is 17.8 Å². The van der Waals surface area contributed by atoms with Gasteiger partial charge in [-0.1, -0.05) is 36.4 Å². The Morgan fingerprint density at radius 1 is 1.35 bits per heavy atom. The zero-order valence-corrected chi connectivity index (χ0v) is 13.5. The number of esters is 1. The molecule has 0 aliphatic carbocycles. The van der Waals surface area contributed by atoms with Gasteiger partial charge in [0.05, 0.1) is 19.8 Å². The van der Waals surface area contributed by atoms with E-state index in [1.807, 2.05) is 30.3 Å². The van der Waals surface area contributed by atoms with Crippen molar-refractivity contribution in [2.45, 2.75) is 32.2 Å². The third-order valence-corrected chi connectivity index (χ3v) is 3.58. The van der Waals surface area contributed by atoms with Crippen LogP contribution in [0.3, 0.4) is 0 Å². The number of nitrogens with zero attached hydrogens (tertiary/aromatic N) is 1. The molecule has 1 aromatic carbocycles. The smallest absolute Gasteiger partial charge is 0.412 e. The first kappa shape index (κ1) is 17.0. The summed E-state index contributed by atoms with van der Waals surface area (Å²) in [5.74, 6) is -0.479. The Balaban J connectivity index is 2.04. The summed E-state index contributed by atoms with van der Waals surface area (Å²) in [6.45, 7) is 4.03. The van der Waals surface area contributed by atoms with E-state index in [-0.39, 0.29) is 12.6 Å². The molecule has 1 unspecified atom stereocenters. The van der Waals surface area contributed by atoms with Crippen molar-refractivity contribution in [3.05, 3.63) is 48.0 Å². The van der Waals surface area contributed by atoms with Gasteiger partial charge in [-0.3, -0.25) is 4.90 Å². The first-order chi connectivity index (χ1) is 10.9. The zero-order valence-electron chi connectivity index (χ0n) is 13.5. The van der Waals surface area contributed by atoms with E-state index in [1.165, 1.54) is 18.1 Å². The lowest BCUT2D eigenvalue weighted by molar-refractivity contribution is -0.134. The molecule has 1 aromatic rings. The molecule has 124 valence electrons. The highest BCUT2D eigenvalue weighted by molar-refractivity contribution is 5.82. The topological polar surface area (TPSA) is 65.1 Å². The van der Waals surface area contributed by atoms with Crippen molar-refractivity contribution in [3.8, 4) is 0 Å². The summed E-state index contributed by atoms with van der Waals surface area (Å²) in [6, 6.07) is 9.05. The second-order valence-corrected chi connectivity index (χ2v) is 5.62. The Morgan fingerprint density at radius 2 is 2.04 bits per heavy atom. The lowest BCUT2D eigenvalue weighted by atomic mass is 10.2. The van der Waals surface area contributed by atoms with E-state index in [9.17, 15) is 9.59 Å². The molecular weight excluding hydrogens is 298 g/mol. The summed E-state index contributed by atoms with van der Waals surface area (Å²) in [5.41, 5.74) is 0.0965. The van der Waals surface area contributed by atoms with Crippen LogP contribution in [0.2, 0.25) is 0 Å². The van der Waals surface area contributed by atoms with Crippen LogP contribution in [0.4, 0.5) is 4.79 Å².